The zero-order valence-corrected chi connectivity index (χ0v) is 30.6. The predicted octanol–water partition coefficient (Wildman–Crippen LogP) is 12.2. The number of rotatable bonds is 3. The molecule has 0 saturated carbocycles. The van der Waals surface area contributed by atoms with Gasteiger partial charge < -0.3 is 14.9 Å². The van der Waals surface area contributed by atoms with Crippen molar-refractivity contribution in [1.29, 1.82) is 0 Å². The number of hydrogen-bond donors (Lipinski definition) is 0. The van der Waals surface area contributed by atoms with Crippen molar-refractivity contribution in [1.82, 2.24) is 0 Å². The number of benzene rings is 5. The van der Waals surface area contributed by atoms with E-state index in [-0.39, 0.29) is 14.9 Å². The van der Waals surface area contributed by atoms with Gasteiger partial charge in [0.05, 0.1) is 0 Å². The third kappa shape index (κ3) is 7.31. The third-order valence-electron chi connectivity index (χ3n) is 8.10. The molecule has 0 nitrogen and oxygen atoms in total. The molecule has 0 N–H and O–H groups in total. The summed E-state index contributed by atoms with van der Waals surface area (Å²) in [6.07, 6.45) is 0. The molecule has 0 aliphatic carbocycles. The number of hydrogen-bond acceptors (Lipinski definition) is 0. The molecule has 222 valence electrons. The molecular formula is C42H42SiZr-4. The fraction of sp³-hybridized carbons (Fsp3) is 0.143. The molecule has 0 aromatic heterocycles. The summed E-state index contributed by atoms with van der Waals surface area (Å²) < 4.78 is 0. The maximum atomic E-state index is 3.06. The molecule has 0 atom stereocenters. The van der Waals surface area contributed by atoms with Crippen LogP contribution >= 0.6 is 0 Å². The van der Waals surface area contributed by atoms with Crippen LogP contribution in [-0.4, -0.2) is 6.88 Å². The molecule has 0 bridgehead atoms. The third-order valence-corrected chi connectivity index (χ3v) is 8.10. The first-order chi connectivity index (χ1) is 20.4. The molecule has 44 heavy (non-hydrogen) atoms. The van der Waals surface area contributed by atoms with Crippen molar-refractivity contribution >= 4 is 39.2 Å². The molecule has 2 heteroatoms. The van der Waals surface area contributed by atoms with Gasteiger partial charge in [0.1, 0.15) is 0 Å². The minimum atomic E-state index is 0. The van der Waals surface area contributed by atoms with Gasteiger partial charge in [-0.1, -0.05) is 123 Å². The van der Waals surface area contributed by atoms with Gasteiger partial charge in [-0.2, -0.15) is 12.1 Å². The molecule has 0 amide bonds. The van der Waals surface area contributed by atoms with Crippen molar-refractivity contribution in [2.24, 2.45) is 0 Å². The van der Waals surface area contributed by atoms with E-state index in [1.807, 2.05) is 0 Å². The fourth-order valence-electron chi connectivity index (χ4n) is 5.94. The topological polar surface area (TPSA) is 0 Å². The summed E-state index contributed by atoms with van der Waals surface area (Å²) in [5.74, 6) is 0.581. The van der Waals surface area contributed by atoms with E-state index in [9.17, 15) is 0 Å². The second-order valence-corrected chi connectivity index (χ2v) is 11.4. The Kier molecular flexibility index (Phi) is 12.5. The van der Waals surface area contributed by atoms with Crippen LogP contribution in [0.15, 0.2) is 121 Å². The average molecular weight is 666 g/mol. The summed E-state index contributed by atoms with van der Waals surface area (Å²) >= 11 is 1.36. The Balaban J connectivity index is 0.000000219. The molecule has 0 aliphatic rings. The first-order valence-electron chi connectivity index (χ1n) is 14.6. The van der Waals surface area contributed by atoms with Gasteiger partial charge in [0.15, 0.2) is 0 Å². The van der Waals surface area contributed by atoms with Crippen LogP contribution in [0.25, 0.3) is 54.6 Å². The Labute approximate surface area is 282 Å². The summed E-state index contributed by atoms with van der Waals surface area (Å²) in [7, 11) is 0. The van der Waals surface area contributed by atoms with Crippen molar-refractivity contribution < 1.29 is 23.3 Å². The Morgan fingerprint density at radius 1 is 0.591 bits per heavy atom. The molecule has 0 heterocycles. The first kappa shape index (κ1) is 35.2. The molecule has 0 spiro atoms. The van der Waals surface area contributed by atoms with Gasteiger partial charge in [-0.25, -0.2) is 0 Å². The minimum absolute atomic E-state index is 0. The van der Waals surface area contributed by atoms with Gasteiger partial charge >= 0.3 is 30.2 Å². The van der Waals surface area contributed by atoms with Crippen LogP contribution in [0.2, 0.25) is 0 Å². The molecule has 2 radical (unpaired) electrons. The van der Waals surface area contributed by atoms with Crippen LogP contribution in [0.1, 0.15) is 42.0 Å². The normalized spacial score (nSPS) is 10.4. The van der Waals surface area contributed by atoms with Crippen LogP contribution in [-0.2, 0) is 23.3 Å². The van der Waals surface area contributed by atoms with Gasteiger partial charge in [-0.3, -0.25) is 0 Å². The molecule has 0 saturated heterocycles. The van der Waals surface area contributed by atoms with E-state index in [0.29, 0.717) is 5.92 Å². The van der Waals surface area contributed by atoms with Gasteiger partial charge in [0.25, 0.3) is 0 Å². The van der Waals surface area contributed by atoms with Crippen molar-refractivity contribution in [3.63, 3.8) is 0 Å². The second-order valence-electron chi connectivity index (χ2n) is 11.4. The maximum absolute atomic E-state index is 3.06. The van der Waals surface area contributed by atoms with Crippen LogP contribution < -0.4 is 0 Å². The Hall–Kier alpha value is -3.32. The molecular weight excluding hydrogens is 624 g/mol. The summed E-state index contributed by atoms with van der Waals surface area (Å²) in [4.78, 5) is 0. The molecule has 0 fully saturated rings. The van der Waals surface area contributed by atoms with Gasteiger partial charge in [-0.05, 0) is 34.7 Å². The van der Waals surface area contributed by atoms with Crippen molar-refractivity contribution in [3.8, 4) is 22.3 Å². The SMILES string of the molecule is Cc1cc2c(-c3cccc4ccccc34)ccc(C)c2[cH-]1.Cc1cccc(-c2cccc3[cH-]c(C(C)C)cc23)c1.[CH3-].[CH3-].[Si]=[Zr]. The Bertz CT molecular complexity index is 1980. The van der Waals surface area contributed by atoms with Gasteiger partial charge in [0.2, 0.25) is 0 Å². The van der Waals surface area contributed by atoms with E-state index in [1.165, 1.54) is 100 Å². The van der Waals surface area contributed by atoms with E-state index in [1.54, 1.807) is 0 Å². The number of aryl methyl sites for hydroxylation is 3. The summed E-state index contributed by atoms with van der Waals surface area (Å²) in [6.45, 7) is 14.1. The van der Waals surface area contributed by atoms with Crippen molar-refractivity contribution in [2.45, 2.75) is 40.5 Å². The zero-order valence-electron chi connectivity index (χ0n) is 27.1. The standard InChI is InChI=1S/C21H17.C19H19.2CH3.Si.Zr/c1-14-12-20-15(2)10-11-19(21(20)13-14)18-9-5-7-16-6-3-4-8-17(16)18;1-13(2)17-11-16-8-5-9-18(19(16)12-17)15-7-4-6-14(3)10-15;;;;/h3-13H,1-2H3;4-13H,1-3H3;2*1H3;;/q4*-1;;. The summed E-state index contributed by atoms with van der Waals surface area (Å²) in [5.41, 5.74) is 10.7. The first-order valence-corrected chi connectivity index (χ1v) is 18.7. The van der Waals surface area contributed by atoms with Gasteiger partial charge in [0, 0.05) is 0 Å². The van der Waals surface area contributed by atoms with E-state index in [2.05, 4.69) is 163 Å². The van der Waals surface area contributed by atoms with Crippen LogP contribution in [0.5, 0.6) is 0 Å². The molecule has 0 unspecified atom stereocenters. The van der Waals surface area contributed by atoms with E-state index >= 15 is 0 Å². The second kappa shape index (κ2) is 15.6. The van der Waals surface area contributed by atoms with Crippen molar-refractivity contribution in [2.75, 3.05) is 0 Å². The molecule has 0 aliphatic heterocycles. The van der Waals surface area contributed by atoms with Gasteiger partial charge in [-0.15, -0.1) is 68.6 Å². The Morgan fingerprint density at radius 3 is 2.00 bits per heavy atom. The van der Waals surface area contributed by atoms with Crippen molar-refractivity contribution in [3.05, 3.63) is 158 Å². The van der Waals surface area contributed by atoms with Crippen LogP contribution in [0, 0.1) is 35.6 Å². The van der Waals surface area contributed by atoms with E-state index in [4.69, 9.17) is 0 Å². The quantitative estimate of drug-likeness (QED) is 0.130. The predicted molar refractivity (Wildman–Crippen MR) is 194 cm³/mol. The fourth-order valence-corrected chi connectivity index (χ4v) is 5.94. The Morgan fingerprint density at radius 2 is 1.25 bits per heavy atom. The molecule has 7 rings (SSSR count). The monoisotopic (exact) mass is 664 g/mol. The van der Waals surface area contributed by atoms with E-state index < -0.39 is 0 Å². The summed E-state index contributed by atoms with van der Waals surface area (Å²) in [5, 5.41) is 8.08. The zero-order chi connectivity index (χ0) is 29.8. The molecule has 7 aromatic rings. The summed E-state index contributed by atoms with van der Waals surface area (Å²) in [6, 6.07) is 44.3. The van der Waals surface area contributed by atoms with E-state index in [0.717, 1.165) is 0 Å². The number of fused-ring (bicyclic) bond motifs is 3. The average Bonchev–Trinajstić information content (AvgIpc) is 3.63. The van der Waals surface area contributed by atoms with Crippen LogP contribution in [0.3, 0.4) is 0 Å². The molecule has 7 aromatic carbocycles. The van der Waals surface area contributed by atoms with Crippen LogP contribution in [0.4, 0.5) is 0 Å².